The summed E-state index contributed by atoms with van der Waals surface area (Å²) in [4.78, 5) is 7.36. The van der Waals surface area contributed by atoms with Crippen LogP contribution in [0.3, 0.4) is 0 Å². The molecule has 0 fully saturated rings. The summed E-state index contributed by atoms with van der Waals surface area (Å²) < 4.78 is 0. The van der Waals surface area contributed by atoms with Crippen LogP contribution in [0.4, 0.5) is 0 Å². The maximum atomic E-state index is 4.37. The molecule has 6 heteroatoms. The first kappa shape index (κ1) is 14.0. The molecule has 4 rings (SSSR count). The number of amidine groups is 1. The van der Waals surface area contributed by atoms with Crippen LogP contribution < -0.4 is 5.32 Å². The minimum Gasteiger partial charge on any atom is -0.359 e. The zero-order valence-corrected chi connectivity index (χ0v) is 13.2. The zero-order valence-electron chi connectivity index (χ0n) is 12.4. The van der Waals surface area contributed by atoms with Gasteiger partial charge in [-0.1, -0.05) is 48.2 Å². The van der Waals surface area contributed by atoms with Gasteiger partial charge in [0.2, 0.25) is 0 Å². The highest BCUT2D eigenvalue weighted by Crippen LogP contribution is 2.18. The van der Waals surface area contributed by atoms with Gasteiger partial charge in [0.25, 0.3) is 0 Å². The van der Waals surface area contributed by atoms with Crippen molar-refractivity contribution in [1.82, 2.24) is 15.3 Å². The Bertz CT molecular complexity index is 882. The van der Waals surface area contributed by atoms with Crippen LogP contribution >= 0.6 is 11.8 Å². The molecule has 3 aromatic rings. The first-order valence-corrected chi connectivity index (χ1v) is 8.36. The van der Waals surface area contributed by atoms with Crippen LogP contribution in [-0.2, 0) is 6.54 Å². The minimum atomic E-state index is 0.762. The Morgan fingerprint density at radius 3 is 2.83 bits per heavy atom. The smallest absolute Gasteiger partial charge is 0.183 e. The molecule has 0 saturated carbocycles. The lowest BCUT2D eigenvalue weighted by atomic mass is 10.1. The molecule has 0 aliphatic carbocycles. The van der Waals surface area contributed by atoms with E-state index in [4.69, 9.17) is 0 Å². The van der Waals surface area contributed by atoms with Gasteiger partial charge >= 0.3 is 0 Å². The molecule has 0 unspecified atom stereocenters. The third-order valence-electron chi connectivity index (χ3n) is 3.65. The molecule has 1 aromatic heterocycles. The van der Waals surface area contributed by atoms with Crippen LogP contribution in [0.15, 0.2) is 65.1 Å². The van der Waals surface area contributed by atoms with Crippen LogP contribution in [0.25, 0.3) is 11.0 Å². The van der Waals surface area contributed by atoms with Gasteiger partial charge in [0.1, 0.15) is 0 Å². The number of imidazole rings is 1. The summed E-state index contributed by atoms with van der Waals surface area (Å²) >= 11 is 1.68. The lowest BCUT2D eigenvalue weighted by molar-refractivity contribution is 0.919. The van der Waals surface area contributed by atoms with Crippen molar-refractivity contribution in [3.05, 3.63) is 66.0 Å². The molecule has 114 valence electrons. The quantitative estimate of drug-likeness (QED) is 0.779. The fourth-order valence-electron chi connectivity index (χ4n) is 2.42. The van der Waals surface area contributed by atoms with Gasteiger partial charge < -0.3 is 10.3 Å². The third kappa shape index (κ3) is 3.12. The Labute approximate surface area is 137 Å². The van der Waals surface area contributed by atoms with Gasteiger partial charge in [0.05, 0.1) is 23.1 Å². The van der Waals surface area contributed by atoms with Crippen LogP contribution in [-0.4, -0.2) is 26.6 Å². The monoisotopic (exact) mass is 321 g/mol. The number of fused-ring (bicyclic) bond motifs is 1. The molecule has 1 aliphatic heterocycles. The van der Waals surface area contributed by atoms with Crippen LogP contribution in [0.1, 0.15) is 11.1 Å². The molecule has 0 bridgehead atoms. The van der Waals surface area contributed by atoms with E-state index in [1.54, 1.807) is 18.1 Å². The van der Waals surface area contributed by atoms with E-state index in [-0.39, 0.29) is 0 Å². The summed E-state index contributed by atoms with van der Waals surface area (Å²) in [5.41, 5.74) is 5.28. The summed E-state index contributed by atoms with van der Waals surface area (Å²) in [7, 11) is 0. The molecule has 0 saturated heterocycles. The second-order valence-corrected chi connectivity index (χ2v) is 6.18. The molecule has 2 N–H and O–H groups in total. The van der Waals surface area contributed by atoms with Crippen molar-refractivity contribution in [2.75, 3.05) is 5.75 Å². The van der Waals surface area contributed by atoms with E-state index in [0.717, 1.165) is 39.8 Å². The highest BCUT2D eigenvalue weighted by Gasteiger charge is 2.13. The Hall–Kier alpha value is -2.60. The first-order valence-electron chi connectivity index (χ1n) is 7.37. The molecule has 0 amide bonds. The summed E-state index contributed by atoms with van der Waals surface area (Å²) in [5.74, 6) is 0.806. The average molecular weight is 321 g/mol. The number of thioether (sulfide) groups is 1. The Morgan fingerprint density at radius 1 is 1.09 bits per heavy atom. The highest BCUT2D eigenvalue weighted by molar-refractivity contribution is 8.14. The molecule has 23 heavy (non-hydrogen) atoms. The fourth-order valence-corrected chi connectivity index (χ4v) is 3.19. The zero-order chi connectivity index (χ0) is 15.5. The van der Waals surface area contributed by atoms with Crippen molar-refractivity contribution in [2.24, 2.45) is 10.2 Å². The molecule has 0 spiro atoms. The molecule has 0 atom stereocenters. The molecular formula is C17H15N5S. The van der Waals surface area contributed by atoms with E-state index in [9.17, 15) is 0 Å². The number of hydrogen-bond donors (Lipinski definition) is 2. The Morgan fingerprint density at radius 2 is 2.00 bits per heavy atom. The molecule has 2 heterocycles. The van der Waals surface area contributed by atoms with Crippen molar-refractivity contribution in [2.45, 2.75) is 6.54 Å². The van der Waals surface area contributed by atoms with Gasteiger partial charge in [0.15, 0.2) is 5.17 Å². The first-order chi connectivity index (χ1) is 11.4. The van der Waals surface area contributed by atoms with Gasteiger partial charge in [-0.05, 0) is 17.7 Å². The second kappa shape index (κ2) is 6.26. The van der Waals surface area contributed by atoms with Crippen LogP contribution in [0.5, 0.6) is 0 Å². The predicted octanol–water partition coefficient (Wildman–Crippen LogP) is 3.16. The molecular weight excluding hydrogens is 306 g/mol. The number of aromatic amines is 1. The third-order valence-corrected chi connectivity index (χ3v) is 4.56. The highest BCUT2D eigenvalue weighted by atomic mass is 32.2. The molecule has 1 aliphatic rings. The maximum Gasteiger partial charge on any atom is 0.183 e. The second-order valence-electron chi connectivity index (χ2n) is 5.21. The van der Waals surface area contributed by atoms with Gasteiger partial charge in [-0.25, -0.2) is 4.98 Å². The number of hydrogen-bond acceptors (Lipinski definition) is 5. The molecule has 5 nitrogen and oxygen atoms in total. The van der Waals surface area contributed by atoms with E-state index < -0.39 is 0 Å². The fraction of sp³-hybridized carbons (Fsp3) is 0.118. The number of nitrogens with one attached hydrogen (secondary N) is 2. The molecule has 2 aromatic carbocycles. The number of benzene rings is 2. The van der Waals surface area contributed by atoms with E-state index in [2.05, 4.69) is 43.7 Å². The maximum absolute atomic E-state index is 4.37. The standard InChI is InChI=1S/C17H15N5S/c1-2-4-12(5-3-1)9-18-17-22-21-16(10-23-17)13-6-7-14-15(8-13)20-11-19-14/h1-8,11H,9-10H2,(H,18,22)(H,19,20). The van der Waals surface area contributed by atoms with Gasteiger partial charge in [-0.3, -0.25) is 0 Å². The molecule has 0 radical (unpaired) electrons. The largest absolute Gasteiger partial charge is 0.359 e. The summed E-state index contributed by atoms with van der Waals surface area (Å²) in [6.45, 7) is 0.762. The lowest BCUT2D eigenvalue weighted by Crippen LogP contribution is -2.23. The normalized spacial score (nSPS) is 14.4. The SMILES string of the molecule is c1ccc(CNC2=NN=C(c3ccc4nc[nH]c4c3)CS2)cc1. The van der Waals surface area contributed by atoms with E-state index in [1.165, 1.54) is 5.56 Å². The van der Waals surface area contributed by atoms with Crippen molar-refractivity contribution >= 4 is 33.7 Å². The van der Waals surface area contributed by atoms with E-state index in [1.807, 2.05) is 30.3 Å². The summed E-state index contributed by atoms with van der Waals surface area (Å²) in [6.07, 6.45) is 1.70. The van der Waals surface area contributed by atoms with Gasteiger partial charge in [-0.2, -0.15) is 5.10 Å². The van der Waals surface area contributed by atoms with Crippen LogP contribution in [0, 0.1) is 0 Å². The van der Waals surface area contributed by atoms with Crippen molar-refractivity contribution in [1.29, 1.82) is 0 Å². The topological polar surface area (TPSA) is 65.4 Å². The van der Waals surface area contributed by atoms with E-state index in [0.29, 0.717) is 0 Å². The average Bonchev–Trinajstić information content (AvgIpc) is 3.09. The number of rotatable bonds is 3. The van der Waals surface area contributed by atoms with Crippen molar-refractivity contribution in [3.8, 4) is 0 Å². The van der Waals surface area contributed by atoms with Gasteiger partial charge in [0, 0.05) is 17.9 Å². The van der Waals surface area contributed by atoms with E-state index >= 15 is 0 Å². The Balaban J connectivity index is 1.47. The summed E-state index contributed by atoms with van der Waals surface area (Å²) in [6, 6.07) is 16.4. The van der Waals surface area contributed by atoms with Crippen molar-refractivity contribution < 1.29 is 0 Å². The van der Waals surface area contributed by atoms with Crippen molar-refractivity contribution in [3.63, 3.8) is 0 Å². The number of aromatic nitrogens is 2. The van der Waals surface area contributed by atoms with Crippen LogP contribution in [0.2, 0.25) is 0 Å². The summed E-state index contributed by atoms with van der Waals surface area (Å²) in [5, 5.41) is 12.9. The van der Waals surface area contributed by atoms with Gasteiger partial charge in [-0.15, -0.1) is 5.10 Å². The number of nitrogens with zero attached hydrogens (tertiary/aromatic N) is 3. The number of H-pyrrole nitrogens is 1. The predicted molar refractivity (Wildman–Crippen MR) is 95.8 cm³/mol. The minimum absolute atomic E-state index is 0.762. The Kier molecular flexibility index (Phi) is 3.81. The lowest BCUT2D eigenvalue weighted by Gasteiger charge is -2.13.